The molecule has 1 aromatic rings. The molecule has 0 unspecified atom stereocenters. The molecule has 0 radical (unpaired) electrons. The molecule has 0 amide bonds. The number of carbonyl (C=O) groups is 1. The Bertz CT molecular complexity index is 359. The van der Waals surface area contributed by atoms with Gasteiger partial charge >= 0.3 is 5.97 Å². The van der Waals surface area contributed by atoms with Gasteiger partial charge in [0.25, 0.3) is 0 Å². The number of aryl methyl sites for hydroxylation is 1. The lowest BCUT2D eigenvalue weighted by molar-refractivity contribution is -0.145. The van der Waals surface area contributed by atoms with E-state index in [1.807, 2.05) is 7.05 Å². The van der Waals surface area contributed by atoms with Crippen molar-refractivity contribution in [3.05, 3.63) is 29.8 Å². The first-order valence-corrected chi connectivity index (χ1v) is 5.75. The van der Waals surface area contributed by atoms with Crippen LogP contribution >= 0.6 is 0 Å². The van der Waals surface area contributed by atoms with Crippen LogP contribution in [0.4, 0.5) is 5.69 Å². The van der Waals surface area contributed by atoms with Gasteiger partial charge in [0, 0.05) is 12.7 Å². The van der Waals surface area contributed by atoms with Crippen LogP contribution in [-0.2, 0) is 4.79 Å². The van der Waals surface area contributed by atoms with E-state index in [0.717, 1.165) is 0 Å². The molecule has 5 nitrogen and oxygen atoms in total. The van der Waals surface area contributed by atoms with Gasteiger partial charge < -0.3 is 10.4 Å². The molecule has 0 bridgehead atoms. The van der Waals surface area contributed by atoms with Crippen LogP contribution in [0.15, 0.2) is 24.3 Å². The quantitative estimate of drug-likeness (QED) is 0.608. The van der Waals surface area contributed by atoms with Gasteiger partial charge in [0.05, 0.1) is 0 Å². The molecule has 0 spiro atoms. The summed E-state index contributed by atoms with van der Waals surface area (Å²) in [4.78, 5) is 10.4. The molecule has 1 rings (SSSR count). The minimum absolute atomic E-state index is 0.910. The highest BCUT2D eigenvalue weighted by Gasteiger charge is 2.27. The van der Waals surface area contributed by atoms with Gasteiger partial charge in [-0.1, -0.05) is 17.7 Å². The number of likely N-dealkylation sites (N-methyl/N-ethyl adjacent to an activating group) is 2. The fraction of sp³-hybridized carbons (Fsp3) is 0.462. The maximum Gasteiger partial charge on any atom is 0.338 e. The van der Waals surface area contributed by atoms with Crippen molar-refractivity contribution < 1.29 is 9.90 Å². The van der Waals surface area contributed by atoms with E-state index in [4.69, 9.17) is 5.11 Å². The average molecular weight is 253 g/mol. The Kier molecular flexibility index (Phi) is 7.00. The van der Waals surface area contributed by atoms with Gasteiger partial charge in [-0.15, -0.1) is 0 Å². The van der Waals surface area contributed by atoms with E-state index < -0.39 is 11.6 Å². The van der Waals surface area contributed by atoms with Crippen molar-refractivity contribution in [3.8, 4) is 0 Å². The molecule has 0 heterocycles. The van der Waals surface area contributed by atoms with Crippen molar-refractivity contribution in [1.29, 1.82) is 0 Å². The number of benzene rings is 1. The van der Waals surface area contributed by atoms with Gasteiger partial charge in [-0.05, 0) is 40.1 Å². The fourth-order valence-electron chi connectivity index (χ4n) is 1.06. The number of anilines is 1. The lowest BCUT2D eigenvalue weighted by Gasteiger charge is -2.22. The first kappa shape index (κ1) is 16.4. The van der Waals surface area contributed by atoms with E-state index in [-0.39, 0.29) is 0 Å². The Hall–Kier alpha value is -1.59. The summed E-state index contributed by atoms with van der Waals surface area (Å²) in [5.74, 6) is -0.910. The third-order valence-electron chi connectivity index (χ3n) is 2.77. The summed E-state index contributed by atoms with van der Waals surface area (Å²) < 4.78 is 0. The van der Waals surface area contributed by atoms with Crippen molar-refractivity contribution in [3.63, 3.8) is 0 Å². The van der Waals surface area contributed by atoms with Gasteiger partial charge in [-0.3, -0.25) is 10.6 Å². The van der Waals surface area contributed by atoms with E-state index in [0.29, 0.717) is 0 Å². The lowest BCUT2D eigenvalue weighted by Crippen LogP contribution is -2.57. The number of hydrogen-bond donors (Lipinski definition) is 4. The van der Waals surface area contributed by atoms with Crippen molar-refractivity contribution in [2.24, 2.45) is 0 Å². The predicted octanol–water partition coefficient (Wildman–Crippen LogP) is 1.26. The summed E-state index contributed by atoms with van der Waals surface area (Å²) >= 11 is 0. The Labute approximate surface area is 109 Å². The second-order valence-corrected chi connectivity index (χ2v) is 4.05. The zero-order chi connectivity index (χ0) is 14.2. The Morgan fingerprint density at radius 2 is 1.56 bits per heavy atom. The minimum atomic E-state index is -1.00. The highest BCUT2D eigenvalue weighted by Crippen LogP contribution is 2.06. The third kappa shape index (κ3) is 5.16. The molecule has 0 aromatic heterocycles. The summed E-state index contributed by atoms with van der Waals surface area (Å²) in [5, 5.41) is 16.8. The van der Waals surface area contributed by atoms with Crippen LogP contribution in [0.5, 0.6) is 0 Å². The molecular weight excluding hydrogens is 230 g/mol. The monoisotopic (exact) mass is 253 g/mol. The molecule has 5 heteroatoms. The molecule has 0 saturated carbocycles. The van der Waals surface area contributed by atoms with Crippen LogP contribution in [0.1, 0.15) is 12.5 Å². The normalized spacial score (nSPS) is 10.3. The lowest BCUT2D eigenvalue weighted by atomic mass is 10.2. The van der Waals surface area contributed by atoms with Crippen LogP contribution < -0.4 is 16.0 Å². The number of rotatable bonds is 4. The summed E-state index contributed by atoms with van der Waals surface area (Å²) in [6, 6.07) is 8.31. The molecule has 4 N–H and O–H groups in total. The van der Waals surface area contributed by atoms with E-state index in [2.05, 4.69) is 47.1 Å². The Balaban J connectivity index is 0.000000321. The molecule has 18 heavy (non-hydrogen) atoms. The van der Waals surface area contributed by atoms with Gasteiger partial charge in [0.15, 0.2) is 5.66 Å². The zero-order valence-electron chi connectivity index (χ0n) is 11.7. The molecule has 0 fully saturated rings. The SMILES string of the molecule is CNC(C)(NC)C(=O)O.CNc1ccc(C)cc1. The van der Waals surface area contributed by atoms with Crippen LogP contribution in [0.2, 0.25) is 0 Å². The summed E-state index contributed by atoms with van der Waals surface area (Å²) in [6.45, 7) is 3.63. The predicted molar refractivity (Wildman–Crippen MR) is 74.9 cm³/mol. The number of carboxylic acid groups (broad SMARTS) is 1. The first-order chi connectivity index (χ1) is 8.39. The molecule has 1 aromatic carbocycles. The summed E-state index contributed by atoms with van der Waals surface area (Å²) in [5.41, 5.74) is 1.47. The maximum atomic E-state index is 10.4. The zero-order valence-corrected chi connectivity index (χ0v) is 11.7. The molecule has 0 aliphatic rings. The third-order valence-corrected chi connectivity index (χ3v) is 2.77. The van der Waals surface area contributed by atoms with Crippen molar-refractivity contribution in [2.75, 3.05) is 26.5 Å². The average Bonchev–Trinajstić information content (AvgIpc) is 2.39. The first-order valence-electron chi connectivity index (χ1n) is 5.75. The van der Waals surface area contributed by atoms with Crippen LogP contribution in [0.25, 0.3) is 0 Å². The molecule has 0 aliphatic heterocycles. The van der Waals surface area contributed by atoms with Gasteiger partial charge in [-0.25, -0.2) is 4.79 Å². The topological polar surface area (TPSA) is 73.4 Å². The van der Waals surface area contributed by atoms with Gasteiger partial charge in [0.1, 0.15) is 0 Å². The molecule has 0 atom stereocenters. The van der Waals surface area contributed by atoms with Crippen LogP contribution in [0.3, 0.4) is 0 Å². The number of hydrogen-bond acceptors (Lipinski definition) is 4. The highest BCUT2D eigenvalue weighted by molar-refractivity contribution is 5.77. The van der Waals surface area contributed by atoms with Gasteiger partial charge in [-0.2, -0.15) is 0 Å². The summed E-state index contributed by atoms with van der Waals surface area (Å²) in [6.07, 6.45) is 0. The Morgan fingerprint density at radius 1 is 1.11 bits per heavy atom. The van der Waals surface area contributed by atoms with Crippen molar-refractivity contribution >= 4 is 11.7 Å². The summed E-state index contributed by atoms with van der Waals surface area (Å²) in [7, 11) is 5.10. The smallest absolute Gasteiger partial charge is 0.338 e. The van der Waals surface area contributed by atoms with Crippen LogP contribution in [0, 0.1) is 6.92 Å². The molecule has 0 aliphatic carbocycles. The number of nitrogens with one attached hydrogen (secondary N) is 3. The molecule has 102 valence electrons. The Morgan fingerprint density at radius 3 is 1.78 bits per heavy atom. The fourth-order valence-corrected chi connectivity index (χ4v) is 1.06. The van der Waals surface area contributed by atoms with E-state index in [1.165, 1.54) is 11.3 Å². The van der Waals surface area contributed by atoms with E-state index in [9.17, 15) is 4.79 Å². The number of carboxylic acids is 1. The van der Waals surface area contributed by atoms with Crippen molar-refractivity contribution in [2.45, 2.75) is 19.5 Å². The second-order valence-electron chi connectivity index (χ2n) is 4.05. The number of aliphatic carboxylic acids is 1. The molecular formula is C13H23N3O2. The largest absolute Gasteiger partial charge is 0.479 e. The van der Waals surface area contributed by atoms with E-state index >= 15 is 0 Å². The second kappa shape index (κ2) is 7.68. The van der Waals surface area contributed by atoms with Crippen LogP contribution in [-0.4, -0.2) is 37.9 Å². The standard InChI is InChI=1S/C8H11N.C5H12N2O2/c1-7-3-5-8(9-2)6-4-7;1-5(6-2,7-3)4(8)9/h3-6,9H,1-2H3;6-7H,1-3H3,(H,8,9). The minimum Gasteiger partial charge on any atom is -0.479 e. The van der Waals surface area contributed by atoms with Gasteiger partial charge in [0.2, 0.25) is 0 Å². The molecule has 0 saturated heterocycles. The van der Waals surface area contributed by atoms with Crippen molar-refractivity contribution in [1.82, 2.24) is 10.6 Å². The maximum absolute atomic E-state index is 10.4. The highest BCUT2D eigenvalue weighted by atomic mass is 16.4. The van der Waals surface area contributed by atoms with E-state index in [1.54, 1.807) is 21.0 Å².